The van der Waals surface area contributed by atoms with Crippen LogP contribution in [0.1, 0.15) is 62.6 Å². The van der Waals surface area contributed by atoms with Crippen molar-refractivity contribution in [2.24, 2.45) is 0 Å². The highest BCUT2D eigenvalue weighted by Crippen LogP contribution is 2.28. The molecule has 0 aliphatic carbocycles. The summed E-state index contributed by atoms with van der Waals surface area (Å²) in [6.07, 6.45) is 6.51. The van der Waals surface area contributed by atoms with Crippen LogP contribution in [0.25, 0.3) is 0 Å². The van der Waals surface area contributed by atoms with Gasteiger partial charge in [-0.15, -0.1) is 0 Å². The third-order valence-electron chi connectivity index (χ3n) is 4.21. The van der Waals surface area contributed by atoms with Gasteiger partial charge in [0.2, 0.25) is 0 Å². The molecule has 2 rings (SSSR count). The Morgan fingerprint density at radius 3 is 2.68 bits per heavy atom. The molecule has 0 N–H and O–H groups in total. The van der Waals surface area contributed by atoms with Crippen molar-refractivity contribution < 1.29 is 0 Å². The first-order valence-corrected chi connectivity index (χ1v) is 7.54. The predicted molar refractivity (Wildman–Crippen MR) is 78.6 cm³/mol. The molecule has 2 heteroatoms. The molecule has 0 aromatic heterocycles. The van der Waals surface area contributed by atoms with Gasteiger partial charge in [-0.05, 0) is 36.1 Å². The smallest absolute Gasteiger partial charge is 0.0991 e. The lowest BCUT2D eigenvalue weighted by Gasteiger charge is -2.26. The normalized spacial score (nSPS) is 16.1. The number of fused-ring (bicyclic) bond motifs is 1. The van der Waals surface area contributed by atoms with Gasteiger partial charge < -0.3 is 0 Å². The number of hydrogen-bond donors (Lipinski definition) is 0. The van der Waals surface area contributed by atoms with Gasteiger partial charge in [0, 0.05) is 19.1 Å². The Balaban J connectivity index is 1.99. The Morgan fingerprint density at radius 2 is 2.00 bits per heavy atom. The van der Waals surface area contributed by atoms with E-state index in [-0.39, 0.29) is 0 Å². The second kappa shape index (κ2) is 6.73. The highest BCUT2D eigenvalue weighted by Gasteiger charge is 2.24. The molecule has 0 amide bonds. The minimum atomic E-state index is 0.699. The molecule has 2 nitrogen and oxygen atoms in total. The number of hydrogen-bond acceptors (Lipinski definition) is 2. The second-order valence-corrected chi connectivity index (χ2v) is 5.56. The molecule has 1 atom stereocenters. The van der Waals surface area contributed by atoms with E-state index in [0.29, 0.717) is 6.04 Å². The van der Waals surface area contributed by atoms with E-state index in [0.717, 1.165) is 18.7 Å². The van der Waals surface area contributed by atoms with E-state index in [1.165, 1.54) is 43.2 Å². The Morgan fingerprint density at radius 1 is 1.21 bits per heavy atom. The summed E-state index contributed by atoms with van der Waals surface area (Å²) in [4.78, 5) is 2.58. The molecule has 0 spiro atoms. The summed E-state index contributed by atoms with van der Waals surface area (Å²) in [5, 5.41) is 8.97. The van der Waals surface area contributed by atoms with Crippen molar-refractivity contribution in [3.63, 3.8) is 0 Å². The zero-order chi connectivity index (χ0) is 13.7. The van der Waals surface area contributed by atoms with Crippen molar-refractivity contribution in [2.75, 3.05) is 0 Å². The number of rotatable bonds is 6. The molecule has 1 unspecified atom stereocenters. The molecule has 1 aromatic carbocycles. The molecule has 19 heavy (non-hydrogen) atoms. The Labute approximate surface area is 117 Å². The fraction of sp³-hybridized carbons (Fsp3) is 0.588. The third kappa shape index (κ3) is 3.36. The van der Waals surface area contributed by atoms with E-state index < -0.39 is 0 Å². The molecule has 0 bridgehead atoms. The minimum absolute atomic E-state index is 0.699. The predicted octanol–water partition coefficient (Wildman–Crippen LogP) is 4.23. The lowest BCUT2D eigenvalue weighted by molar-refractivity contribution is 0.180. The summed E-state index contributed by atoms with van der Waals surface area (Å²) in [7, 11) is 0. The zero-order valence-electron chi connectivity index (χ0n) is 12.2. The topological polar surface area (TPSA) is 27.0 Å². The molecule has 1 aliphatic rings. The van der Waals surface area contributed by atoms with E-state index >= 15 is 0 Å². The molecule has 1 heterocycles. The summed E-state index contributed by atoms with van der Waals surface area (Å²) in [6, 6.07) is 9.08. The number of nitriles is 1. The molecular weight excluding hydrogens is 232 g/mol. The van der Waals surface area contributed by atoms with Crippen molar-refractivity contribution in [3.8, 4) is 6.07 Å². The average Bonchev–Trinajstić information content (AvgIpc) is 2.86. The standard InChI is InChI=1S/C17H24N2/c1-3-5-6-7-17(4-2)19-12-15-9-8-14(11-18)10-16(15)13-19/h8-10,17H,3-7,12-13H2,1-2H3. The van der Waals surface area contributed by atoms with Crippen molar-refractivity contribution in [1.29, 1.82) is 5.26 Å². The lowest BCUT2D eigenvalue weighted by Crippen LogP contribution is -2.29. The van der Waals surface area contributed by atoms with Gasteiger partial charge in [0.05, 0.1) is 11.6 Å². The van der Waals surface area contributed by atoms with Gasteiger partial charge >= 0.3 is 0 Å². The van der Waals surface area contributed by atoms with Crippen LogP contribution in [-0.4, -0.2) is 10.9 Å². The SMILES string of the molecule is CCCCCC(CC)N1Cc2ccc(C#N)cc2C1. The summed E-state index contributed by atoms with van der Waals surface area (Å²) >= 11 is 0. The van der Waals surface area contributed by atoms with Crippen LogP contribution < -0.4 is 0 Å². The van der Waals surface area contributed by atoms with Crippen molar-refractivity contribution in [3.05, 3.63) is 34.9 Å². The van der Waals surface area contributed by atoms with Gasteiger partial charge in [-0.25, -0.2) is 0 Å². The summed E-state index contributed by atoms with van der Waals surface area (Å²) in [6.45, 7) is 6.64. The van der Waals surface area contributed by atoms with Gasteiger partial charge in [-0.3, -0.25) is 4.90 Å². The Hall–Kier alpha value is -1.33. The van der Waals surface area contributed by atoms with E-state index in [4.69, 9.17) is 5.26 Å². The quantitative estimate of drug-likeness (QED) is 0.712. The van der Waals surface area contributed by atoms with E-state index in [1.54, 1.807) is 0 Å². The largest absolute Gasteiger partial charge is 0.292 e. The van der Waals surface area contributed by atoms with Crippen molar-refractivity contribution >= 4 is 0 Å². The number of nitrogens with zero attached hydrogens (tertiary/aromatic N) is 2. The Kier molecular flexibility index (Phi) is 4.99. The maximum atomic E-state index is 8.97. The zero-order valence-corrected chi connectivity index (χ0v) is 12.2. The molecular formula is C17H24N2. The fourth-order valence-corrected chi connectivity index (χ4v) is 3.02. The molecule has 1 aliphatic heterocycles. The van der Waals surface area contributed by atoms with Crippen molar-refractivity contribution in [2.45, 2.75) is 65.1 Å². The van der Waals surface area contributed by atoms with Crippen LogP contribution in [-0.2, 0) is 13.1 Å². The molecule has 0 saturated heterocycles. The van der Waals surface area contributed by atoms with Gasteiger partial charge in [-0.1, -0.05) is 39.2 Å². The second-order valence-electron chi connectivity index (χ2n) is 5.56. The molecule has 0 fully saturated rings. The molecule has 0 saturated carbocycles. The average molecular weight is 256 g/mol. The molecule has 102 valence electrons. The van der Waals surface area contributed by atoms with Gasteiger partial charge in [0.25, 0.3) is 0 Å². The van der Waals surface area contributed by atoms with Crippen LogP contribution in [0.4, 0.5) is 0 Å². The van der Waals surface area contributed by atoms with Crippen molar-refractivity contribution in [1.82, 2.24) is 4.90 Å². The van der Waals surface area contributed by atoms with Crippen LogP contribution in [0.15, 0.2) is 18.2 Å². The first kappa shape index (κ1) is 14.1. The summed E-state index contributed by atoms with van der Waals surface area (Å²) in [5.74, 6) is 0. The maximum Gasteiger partial charge on any atom is 0.0991 e. The van der Waals surface area contributed by atoms with Gasteiger partial charge in [0.15, 0.2) is 0 Å². The third-order valence-corrected chi connectivity index (χ3v) is 4.21. The summed E-state index contributed by atoms with van der Waals surface area (Å²) in [5.41, 5.74) is 3.56. The monoisotopic (exact) mass is 256 g/mol. The van der Waals surface area contributed by atoms with Gasteiger partial charge in [-0.2, -0.15) is 5.26 Å². The van der Waals surface area contributed by atoms with Crippen LogP contribution >= 0.6 is 0 Å². The summed E-state index contributed by atoms with van der Waals surface area (Å²) < 4.78 is 0. The first-order valence-electron chi connectivity index (χ1n) is 7.54. The minimum Gasteiger partial charge on any atom is -0.292 e. The highest BCUT2D eigenvalue weighted by molar-refractivity contribution is 5.40. The number of unbranched alkanes of at least 4 members (excludes halogenated alkanes) is 2. The van der Waals surface area contributed by atoms with Crippen LogP contribution in [0.5, 0.6) is 0 Å². The van der Waals surface area contributed by atoms with E-state index in [2.05, 4.69) is 36.9 Å². The first-order chi connectivity index (χ1) is 9.28. The Bertz CT molecular complexity index is 459. The molecule has 1 aromatic rings. The van der Waals surface area contributed by atoms with E-state index in [1.807, 2.05) is 6.07 Å². The van der Waals surface area contributed by atoms with Crippen LogP contribution in [0.3, 0.4) is 0 Å². The van der Waals surface area contributed by atoms with Crippen LogP contribution in [0.2, 0.25) is 0 Å². The fourth-order valence-electron chi connectivity index (χ4n) is 3.02. The molecule has 0 radical (unpaired) electrons. The number of benzene rings is 1. The highest BCUT2D eigenvalue weighted by atomic mass is 15.2. The maximum absolute atomic E-state index is 8.97. The van der Waals surface area contributed by atoms with Crippen LogP contribution in [0, 0.1) is 11.3 Å². The van der Waals surface area contributed by atoms with E-state index in [9.17, 15) is 0 Å². The van der Waals surface area contributed by atoms with Gasteiger partial charge in [0.1, 0.15) is 0 Å². The lowest BCUT2D eigenvalue weighted by atomic mass is 10.0.